The number of halogens is 1. The Bertz CT molecular complexity index is 507. The van der Waals surface area contributed by atoms with E-state index in [0.29, 0.717) is 6.42 Å². The second kappa shape index (κ2) is 8.60. The molecule has 0 unspecified atom stereocenters. The first-order valence-electron chi connectivity index (χ1n) is 8.65. The summed E-state index contributed by atoms with van der Waals surface area (Å²) in [6.45, 7) is 8.72. The molecule has 2 amide bonds. The number of hydrogen-bond acceptors (Lipinski definition) is 5. The van der Waals surface area contributed by atoms with Gasteiger partial charge < -0.3 is 15.4 Å². The van der Waals surface area contributed by atoms with Crippen molar-refractivity contribution < 1.29 is 23.5 Å². The Labute approximate surface area is 148 Å². The number of nitrogens with two attached hydrogens (primary N) is 1. The third-order valence-electron chi connectivity index (χ3n) is 4.23. The Morgan fingerprint density at radius 2 is 1.96 bits per heavy atom. The highest BCUT2D eigenvalue weighted by atomic mass is 19.1. The van der Waals surface area contributed by atoms with E-state index < -0.39 is 41.6 Å². The van der Waals surface area contributed by atoms with Crippen LogP contribution in [0.3, 0.4) is 0 Å². The van der Waals surface area contributed by atoms with Crippen LogP contribution in [0.4, 0.5) is 4.39 Å². The van der Waals surface area contributed by atoms with Crippen LogP contribution in [-0.2, 0) is 19.1 Å². The maximum atomic E-state index is 13.7. The highest BCUT2D eigenvalue weighted by Crippen LogP contribution is 2.23. The minimum absolute atomic E-state index is 0.0830. The molecule has 0 aromatic carbocycles. The SMILES string of the molecule is CC[C@H](C)[C@H](NCC(=O)OC(C)(C)C)C(=O)N1C[C@@H](F)C[C@H]1C(N)=O. The van der Waals surface area contributed by atoms with Crippen molar-refractivity contribution in [2.75, 3.05) is 13.1 Å². The Hall–Kier alpha value is -1.70. The number of ether oxygens (including phenoxy) is 1. The standard InChI is InChI=1S/C17H30FN3O4/c1-6-10(2)14(20-8-13(22)25-17(3,4)5)16(24)21-9-11(18)7-12(21)15(19)23/h10-12,14,20H,6-9H2,1-5H3,(H2,19,23)/t10-,11-,12-,14-/m0/s1. The fraction of sp³-hybridized carbons (Fsp3) is 0.824. The highest BCUT2D eigenvalue weighted by molar-refractivity contribution is 5.90. The summed E-state index contributed by atoms with van der Waals surface area (Å²) in [5.41, 5.74) is 4.67. The van der Waals surface area contributed by atoms with E-state index in [1.165, 1.54) is 4.90 Å². The molecule has 1 heterocycles. The van der Waals surface area contributed by atoms with Gasteiger partial charge in [-0.25, -0.2) is 4.39 Å². The smallest absolute Gasteiger partial charge is 0.320 e. The molecular formula is C17H30FN3O4. The predicted octanol–water partition coefficient (Wildman–Crippen LogP) is 0.757. The zero-order valence-electron chi connectivity index (χ0n) is 15.7. The summed E-state index contributed by atoms with van der Waals surface area (Å²) in [7, 11) is 0. The minimum Gasteiger partial charge on any atom is -0.459 e. The molecule has 0 bridgehead atoms. The molecule has 1 saturated heterocycles. The summed E-state index contributed by atoms with van der Waals surface area (Å²) in [6, 6.07) is -1.66. The quantitative estimate of drug-likeness (QED) is 0.654. The van der Waals surface area contributed by atoms with E-state index in [0.717, 1.165) is 0 Å². The van der Waals surface area contributed by atoms with Crippen LogP contribution in [0.2, 0.25) is 0 Å². The molecular weight excluding hydrogens is 329 g/mol. The lowest BCUT2D eigenvalue weighted by molar-refractivity contribution is -0.154. The monoisotopic (exact) mass is 359 g/mol. The summed E-state index contributed by atoms with van der Waals surface area (Å²) in [6.07, 6.45) is -0.684. The largest absolute Gasteiger partial charge is 0.459 e. The molecule has 8 heteroatoms. The van der Waals surface area contributed by atoms with E-state index in [1.54, 1.807) is 20.8 Å². The van der Waals surface area contributed by atoms with Crippen molar-refractivity contribution in [2.24, 2.45) is 11.7 Å². The number of carbonyl (C=O) groups is 3. The van der Waals surface area contributed by atoms with Crippen molar-refractivity contribution in [3.8, 4) is 0 Å². The highest BCUT2D eigenvalue weighted by Gasteiger charge is 2.42. The van der Waals surface area contributed by atoms with Gasteiger partial charge in [0.15, 0.2) is 0 Å². The molecule has 0 aliphatic carbocycles. The van der Waals surface area contributed by atoms with E-state index in [1.807, 2.05) is 13.8 Å². The number of hydrogen-bond donors (Lipinski definition) is 2. The maximum Gasteiger partial charge on any atom is 0.320 e. The Balaban J connectivity index is 2.82. The van der Waals surface area contributed by atoms with Crippen LogP contribution in [-0.4, -0.2) is 59.6 Å². The number of nitrogens with one attached hydrogen (secondary N) is 1. The molecule has 1 aliphatic heterocycles. The average molecular weight is 359 g/mol. The molecule has 0 aromatic rings. The van der Waals surface area contributed by atoms with E-state index in [-0.39, 0.29) is 25.4 Å². The third-order valence-corrected chi connectivity index (χ3v) is 4.23. The number of carbonyl (C=O) groups excluding carboxylic acids is 3. The molecule has 1 fully saturated rings. The summed E-state index contributed by atoms with van der Waals surface area (Å²) < 4.78 is 18.9. The lowest BCUT2D eigenvalue weighted by Gasteiger charge is -2.30. The second-order valence-electron chi connectivity index (χ2n) is 7.57. The van der Waals surface area contributed by atoms with Crippen molar-refractivity contribution in [1.82, 2.24) is 10.2 Å². The molecule has 25 heavy (non-hydrogen) atoms. The van der Waals surface area contributed by atoms with Crippen LogP contribution >= 0.6 is 0 Å². The van der Waals surface area contributed by atoms with Gasteiger partial charge in [-0.1, -0.05) is 20.3 Å². The molecule has 0 radical (unpaired) electrons. The van der Waals surface area contributed by atoms with Crippen molar-refractivity contribution >= 4 is 17.8 Å². The summed E-state index contributed by atoms with van der Waals surface area (Å²) in [5, 5.41) is 2.90. The van der Waals surface area contributed by atoms with E-state index in [4.69, 9.17) is 10.5 Å². The van der Waals surface area contributed by atoms with Gasteiger partial charge in [-0.2, -0.15) is 0 Å². The first-order chi connectivity index (χ1) is 11.5. The number of primary amides is 1. The molecule has 4 atom stereocenters. The molecule has 1 aliphatic rings. The molecule has 1 rings (SSSR count). The van der Waals surface area contributed by atoms with Crippen molar-refractivity contribution in [3.63, 3.8) is 0 Å². The van der Waals surface area contributed by atoms with Crippen LogP contribution in [0.5, 0.6) is 0 Å². The lowest BCUT2D eigenvalue weighted by atomic mass is 9.97. The Kier molecular flexibility index (Phi) is 7.34. The fourth-order valence-electron chi connectivity index (χ4n) is 2.82. The maximum absolute atomic E-state index is 13.7. The van der Waals surface area contributed by atoms with Crippen LogP contribution in [0.1, 0.15) is 47.5 Å². The van der Waals surface area contributed by atoms with Crippen LogP contribution in [0.15, 0.2) is 0 Å². The summed E-state index contributed by atoms with van der Waals surface area (Å²) in [4.78, 5) is 37.4. The zero-order chi connectivity index (χ0) is 19.4. The fourth-order valence-corrected chi connectivity index (χ4v) is 2.82. The van der Waals surface area contributed by atoms with Crippen LogP contribution in [0, 0.1) is 5.92 Å². The minimum atomic E-state index is -1.27. The molecule has 3 N–H and O–H groups in total. The van der Waals surface area contributed by atoms with Gasteiger partial charge >= 0.3 is 5.97 Å². The van der Waals surface area contributed by atoms with Gasteiger partial charge in [-0.3, -0.25) is 19.7 Å². The topological polar surface area (TPSA) is 102 Å². The van der Waals surface area contributed by atoms with E-state index in [9.17, 15) is 18.8 Å². The van der Waals surface area contributed by atoms with E-state index in [2.05, 4.69) is 5.32 Å². The lowest BCUT2D eigenvalue weighted by Crippen LogP contribution is -2.54. The first kappa shape index (κ1) is 21.3. The molecule has 0 saturated carbocycles. The second-order valence-corrected chi connectivity index (χ2v) is 7.57. The molecule has 7 nitrogen and oxygen atoms in total. The van der Waals surface area contributed by atoms with Crippen LogP contribution in [0.25, 0.3) is 0 Å². The number of esters is 1. The molecule has 0 spiro atoms. The molecule has 144 valence electrons. The van der Waals surface area contributed by atoms with Crippen molar-refractivity contribution in [2.45, 2.75) is 71.3 Å². The average Bonchev–Trinajstić information content (AvgIpc) is 2.87. The number of nitrogens with zero attached hydrogens (tertiary/aromatic N) is 1. The summed E-state index contributed by atoms with van der Waals surface area (Å²) in [5.74, 6) is -1.72. The predicted molar refractivity (Wildman–Crippen MR) is 91.3 cm³/mol. The van der Waals surface area contributed by atoms with Crippen molar-refractivity contribution in [1.29, 1.82) is 0 Å². The van der Waals surface area contributed by atoms with E-state index >= 15 is 0 Å². The summed E-state index contributed by atoms with van der Waals surface area (Å²) >= 11 is 0. The van der Waals surface area contributed by atoms with Gasteiger partial charge in [0.1, 0.15) is 17.8 Å². The van der Waals surface area contributed by atoms with Gasteiger partial charge in [-0.15, -0.1) is 0 Å². The molecule has 0 aromatic heterocycles. The van der Waals surface area contributed by atoms with Gasteiger partial charge in [0.05, 0.1) is 19.1 Å². The Morgan fingerprint density at radius 1 is 1.36 bits per heavy atom. The third kappa shape index (κ3) is 6.26. The van der Waals surface area contributed by atoms with Crippen LogP contribution < -0.4 is 11.1 Å². The number of rotatable bonds is 7. The number of alkyl halides is 1. The zero-order valence-corrected chi connectivity index (χ0v) is 15.7. The van der Waals surface area contributed by atoms with Crippen molar-refractivity contribution in [3.05, 3.63) is 0 Å². The number of likely N-dealkylation sites (tertiary alicyclic amines) is 1. The normalized spacial score (nSPS) is 23.2. The van der Waals surface area contributed by atoms with Gasteiger partial charge in [-0.05, 0) is 26.7 Å². The van der Waals surface area contributed by atoms with Gasteiger partial charge in [0, 0.05) is 6.42 Å². The number of amides is 2. The Morgan fingerprint density at radius 3 is 2.44 bits per heavy atom. The van der Waals surface area contributed by atoms with Gasteiger partial charge in [0.25, 0.3) is 0 Å². The first-order valence-corrected chi connectivity index (χ1v) is 8.65. The van der Waals surface area contributed by atoms with Gasteiger partial charge in [0.2, 0.25) is 11.8 Å².